The van der Waals surface area contributed by atoms with Crippen LogP contribution in [0, 0.1) is 23.0 Å². The van der Waals surface area contributed by atoms with Crippen LogP contribution in [0.15, 0.2) is 18.2 Å². The number of nitro benzene ring substituents is 1. The fourth-order valence-electron chi connectivity index (χ4n) is 2.69. The molecule has 21 heavy (non-hydrogen) atoms. The Morgan fingerprint density at radius 2 is 2.05 bits per heavy atom. The second kappa shape index (κ2) is 6.43. The van der Waals surface area contributed by atoms with Gasteiger partial charge < -0.3 is 4.90 Å². The largest absolute Gasteiger partial charge is 0.339 e. The number of rotatable bonds is 3. The van der Waals surface area contributed by atoms with Gasteiger partial charge in [-0.05, 0) is 38.2 Å². The van der Waals surface area contributed by atoms with E-state index in [2.05, 4.69) is 0 Å². The highest BCUT2D eigenvalue weighted by Gasteiger charge is 2.27. The number of carbonyl (C=O) groups excluding carboxylic acids is 1. The normalized spacial score (nSPS) is 17.6. The van der Waals surface area contributed by atoms with Crippen LogP contribution >= 0.6 is 11.6 Å². The fourth-order valence-corrected chi connectivity index (χ4v) is 2.94. The molecule has 1 unspecified atom stereocenters. The third kappa shape index (κ3) is 3.53. The Hall–Kier alpha value is -1.62. The maximum Gasteiger partial charge on any atom is 0.270 e. The topological polar surface area (TPSA) is 63.5 Å². The van der Waals surface area contributed by atoms with Gasteiger partial charge in [-0.15, -0.1) is 11.6 Å². The summed E-state index contributed by atoms with van der Waals surface area (Å²) in [5.41, 5.74) is 1.13. The van der Waals surface area contributed by atoms with Gasteiger partial charge in [0.15, 0.2) is 0 Å². The van der Waals surface area contributed by atoms with Crippen molar-refractivity contribution >= 4 is 23.2 Å². The van der Waals surface area contributed by atoms with E-state index in [9.17, 15) is 14.9 Å². The standard InChI is InChI=1S/C15H19ClN2O3/c1-10-3-4-13(18(20)21)9-14(10)15(19)17-7-5-12(6-8-17)11(2)16/h3-4,9,11-12H,5-8H2,1-2H3. The van der Waals surface area contributed by atoms with Crippen molar-refractivity contribution in [2.45, 2.75) is 32.1 Å². The number of hydrogen-bond donors (Lipinski definition) is 0. The first-order chi connectivity index (χ1) is 9.90. The molecule has 2 rings (SSSR count). The lowest BCUT2D eigenvalue weighted by Crippen LogP contribution is -2.40. The zero-order chi connectivity index (χ0) is 15.6. The van der Waals surface area contributed by atoms with Crippen molar-refractivity contribution in [1.82, 2.24) is 4.90 Å². The molecule has 1 aliphatic heterocycles. The van der Waals surface area contributed by atoms with Gasteiger partial charge in [-0.3, -0.25) is 14.9 Å². The lowest BCUT2D eigenvalue weighted by atomic mass is 9.93. The summed E-state index contributed by atoms with van der Waals surface area (Å²) >= 11 is 6.10. The van der Waals surface area contributed by atoms with Crippen molar-refractivity contribution in [1.29, 1.82) is 0 Å². The van der Waals surface area contributed by atoms with Crippen LogP contribution in [0.5, 0.6) is 0 Å². The molecule has 5 nitrogen and oxygen atoms in total. The van der Waals surface area contributed by atoms with Crippen LogP contribution < -0.4 is 0 Å². The second-order valence-electron chi connectivity index (χ2n) is 5.56. The van der Waals surface area contributed by atoms with E-state index in [0.717, 1.165) is 18.4 Å². The molecule has 0 spiro atoms. The smallest absolute Gasteiger partial charge is 0.270 e. The van der Waals surface area contributed by atoms with Crippen molar-refractivity contribution in [3.05, 3.63) is 39.4 Å². The van der Waals surface area contributed by atoms with E-state index in [1.54, 1.807) is 17.9 Å². The number of nitro groups is 1. The van der Waals surface area contributed by atoms with Crippen LogP contribution in [0.4, 0.5) is 5.69 Å². The van der Waals surface area contributed by atoms with E-state index in [0.29, 0.717) is 24.6 Å². The number of piperidine rings is 1. The van der Waals surface area contributed by atoms with Gasteiger partial charge in [-0.1, -0.05) is 6.07 Å². The van der Waals surface area contributed by atoms with Gasteiger partial charge in [0.25, 0.3) is 11.6 Å². The lowest BCUT2D eigenvalue weighted by Gasteiger charge is -2.33. The van der Waals surface area contributed by atoms with Crippen LogP contribution in [0.2, 0.25) is 0 Å². The van der Waals surface area contributed by atoms with Crippen molar-refractivity contribution < 1.29 is 9.72 Å². The van der Waals surface area contributed by atoms with Crippen LogP contribution in [0.1, 0.15) is 35.7 Å². The molecule has 0 aliphatic carbocycles. The fraction of sp³-hybridized carbons (Fsp3) is 0.533. The number of hydrogen-bond acceptors (Lipinski definition) is 3. The average Bonchev–Trinajstić information content (AvgIpc) is 2.47. The first-order valence-electron chi connectivity index (χ1n) is 7.08. The number of benzene rings is 1. The molecule has 0 N–H and O–H groups in total. The minimum absolute atomic E-state index is 0.0479. The van der Waals surface area contributed by atoms with Crippen LogP contribution in [-0.2, 0) is 0 Å². The molecule has 0 aromatic heterocycles. The summed E-state index contributed by atoms with van der Waals surface area (Å²) < 4.78 is 0. The van der Waals surface area contributed by atoms with Crippen LogP contribution in [-0.4, -0.2) is 34.2 Å². The van der Waals surface area contributed by atoms with E-state index in [1.807, 2.05) is 6.92 Å². The number of amides is 1. The molecule has 1 aliphatic rings. The van der Waals surface area contributed by atoms with Gasteiger partial charge in [-0.25, -0.2) is 0 Å². The van der Waals surface area contributed by atoms with E-state index >= 15 is 0 Å². The van der Waals surface area contributed by atoms with E-state index < -0.39 is 4.92 Å². The summed E-state index contributed by atoms with van der Waals surface area (Å²) in [5, 5.41) is 11.0. The Labute approximate surface area is 129 Å². The second-order valence-corrected chi connectivity index (χ2v) is 6.25. The predicted octanol–water partition coefficient (Wildman–Crippen LogP) is 3.38. The molecular formula is C15H19ClN2O3. The maximum absolute atomic E-state index is 12.5. The zero-order valence-electron chi connectivity index (χ0n) is 12.2. The summed E-state index contributed by atoms with van der Waals surface area (Å²) in [6.07, 6.45) is 1.76. The van der Waals surface area contributed by atoms with Crippen molar-refractivity contribution in [2.75, 3.05) is 13.1 Å². The van der Waals surface area contributed by atoms with Gasteiger partial charge >= 0.3 is 0 Å². The molecule has 1 fully saturated rings. The number of non-ortho nitro benzene ring substituents is 1. The number of nitrogens with zero attached hydrogens (tertiary/aromatic N) is 2. The number of likely N-dealkylation sites (tertiary alicyclic amines) is 1. The maximum atomic E-state index is 12.5. The molecule has 114 valence electrons. The summed E-state index contributed by atoms with van der Waals surface area (Å²) in [4.78, 5) is 24.7. The van der Waals surface area contributed by atoms with E-state index in [-0.39, 0.29) is 17.0 Å². The predicted molar refractivity (Wildman–Crippen MR) is 81.8 cm³/mol. The Bertz CT molecular complexity index is 552. The molecule has 6 heteroatoms. The molecule has 1 aromatic rings. The van der Waals surface area contributed by atoms with Gasteiger partial charge in [0.1, 0.15) is 0 Å². The van der Waals surface area contributed by atoms with Gasteiger partial charge in [-0.2, -0.15) is 0 Å². The number of aryl methyl sites for hydroxylation is 1. The third-order valence-electron chi connectivity index (χ3n) is 4.14. The van der Waals surface area contributed by atoms with Gasteiger partial charge in [0.05, 0.1) is 4.92 Å². The summed E-state index contributed by atoms with van der Waals surface area (Å²) in [6, 6.07) is 4.42. The molecule has 0 radical (unpaired) electrons. The summed E-state index contributed by atoms with van der Waals surface area (Å²) in [7, 11) is 0. The van der Waals surface area contributed by atoms with Crippen LogP contribution in [0.25, 0.3) is 0 Å². The quantitative estimate of drug-likeness (QED) is 0.488. The number of carbonyl (C=O) groups is 1. The lowest BCUT2D eigenvalue weighted by molar-refractivity contribution is -0.384. The molecular weight excluding hydrogens is 292 g/mol. The van der Waals surface area contributed by atoms with Crippen molar-refractivity contribution in [2.24, 2.45) is 5.92 Å². The van der Waals surface area contributed by atoms with Crippen LogP contribution in [0.3, 0.4) is 0 Å². The first kappa shape index (κ1) is 15.8. The minimum Gasteiger partial charge on any atom is -0.339 e. The van der Waals surface area contributed by atoms with Crippen molar-refractivity contribution in [3.8, 4) is 0 Å². The zero-order valence-corrected chi connectivity index (χ0v) is 13.0. The average molecular weight is 311 g/mol. The Balaban J connectivity index is 2.14. The minimum atomic E-state index is -0.475. The molecule has 1 atom stereocenters. The Kier molecular flexibility index (Phi) is 4.83. The molecule has 1 amide bonds. The van der Waals surface area contributed by atoms with Crippen molar-refractivity contribution in [3.63, 3.8) is 0 Å². The Morgan fingerprint density at radius 1 is 1.43 bits per heavy atom. The third-order valence-corrected chi connectivity index (χ3v) is 4.50. The monoisotopic (exact) mass is 310 g/mol. The van der Waals surface area contributed by atoms with E-state index in [4.69, 9.17) is 11.6 Å². The molecule has 0 bridgehead atoms. The number of alkyl halides is 1. The Morgan fingerprint density at radius 3 is 2.57 bits per heavy atom. The highest BCUT2D eigenvalue weighted by Crippen LogP contribution is 2.26. The summed E-state index contributed by atoms with van der Waals surface area (Å²) in [5.74, 6) is 0.304. The molecule has 0 saturated carbocycles. The van der Waals surface area contributed by atoms with Gasteiger partial charge in [0.2, 0.25) is 0 Å². The summed E-state index contributed by atoms with van der Waals surface area (Å²) in [6.45, 7) is 5.09. The molecule has 1 heterocycles. The molecule has 1 aromatic carbocycles. The number of halogens is 1. The highest BCUT2D eigenvalue weighted by atomic mass is 35.5. The van der Waals surface area contributed by atoms with Gasteiger partial charge in [0, 0.05) is 36.2 Å². The molecule has 1 saturated heterocycles. The SMILES string of the molecule is Cc1ccc([N+](=O)[O-])cc1C(=O)N1CCC(C(C)Cl)CC1. The first-order valence-corrected chi connectivity index (χ1v) is 7.52. The highest BCUT2D eigenvalue weighted by molar-refractivity contribution is 6.20. The van der Waals surface area contributed by atoms with E-state index in [1.165, 1.54) is 12.1 Å².